The summed E-state index contributed by atoms with van der Waals surface area (Å²) in [5.41, 5.74) is 0.136. The van der Waals surface area contributed by atoms with Gasteiger partial charge in [0.15, 0.2) is 0 Å². The normalized spacial score (nSPS) is 22.8. The molecule has 19 heavy (non-hydrogen) atoms. The molecule has 2 unspecified atom stereocenters. The van der Waals surface area contributed by atoms with Crippen molar-refractivity contribution in [3.63, 3.8) is 0 Å². The summed E-state index contributed by atoms with van der Waals surface area (Å²) in [5.74, 6) is -0.391. The molecule has 0 aliphatic heterocycles. The van der Waals surface area contributed by atoms with E-state index in [9.17, 15) is 9.59 Å². The van der Waals surface area contributed by atoms with Crippen LogP contribution in [0.3, 0.4) is 0 Å². The number of carbonyl (C=O) groups excluding carboxylic acids is 1. The molecule has 1 saturated carbocycles. The minimum Gasteiger partial charge on any atom is -0.478 e. The first-order valence-corrected chi connectivity index (χ1v) is 7.32. The Kier molecular flexibility index (Phi) is 4.42. The third kappa shape index (κ3) is 3.70. The van der Waals surface area contributed by atoms with E-state index in [4.69, 9.17) is 5.11 Å². The second-order valence-corrected chi connectivity index (χ2v) is 5.95. The number of aromatic carboxylic acids is 1. The third-order valence-electron chi connectivity index (χ3n) is 3.39. The summed E-state index contributed by atoms with van der Waals surface area (Å²) in [4.78, 5) is 22.8. The number of carboxylic acid groups (broad SMARTS) is 1. The molecule has 0 radical (unpaired) electrons. The van der Waals surface area contributed by atoms with Crippen molar-refractivity contribution in [2.45, 2.75) is 38.6 Å². The van der Waals surface area contributed by atoms with E-state index < -0.39 is 5.97 Å². The van der Waals surface area contributed by atoms with Crippen LogP contribution < -0.4 is 10.6 Å². The number of thiophene rings is 1. The molecule has 1 aliphatic carbocycles. The predicted octanol–water partition coefficient (Wildman–Crippen LogP) is 3.15. The van der Waals surface area contributed by atoms with E-state index in [0.29, 0.717) is 10.9 Å². The maximum absolute atomic E-state index is 11.9. The van der Waals surface area contributed by atoms with Gasteiger partial charge >= 0.3 is 12.0 Å². The molecule has 0 aromatic carbocycles. The standard InChI is InChI=1S/C13H18N2O3S/c1-8-3-2-4-9(7-8)14-13(18)15-11-10(12(16)17)5-6-19-11/h5-6,8-9H,2-4,7H2,1H3,(H,16,17)(H2,14,15,18). The summed E-state index contributed by atoms with van der Waals surface area (Å²) in [5, 5.41) is 16.5. The molecule has 1 fully saturated rings. The van der Waals surface area contributed by atoms with Gasteiger partial charge in [0.2, 0.25) is 0 Å². The van der Waals surface area contributed by atoms with Crippen molar-refractivity contribution in [1.82, 2.24) is 5.32 Å². The lowest BCUT2D eigenvalue weighted by atomic mass is 9.87. The lowest BCUT2D eigenvalue weighted by Gasteiger charge is -2.27. The van der Waals surface area contributed by atoms with Gasteiger partial charge in [-0.3, -0.25) is 5.32 Å². The van der Waals surface area contributed by atoms with Crippen molar-refractivity contribution >= 4 is 28.3 Å². The smallest absolute Gasteiger partial charge is 0.338 e. The van der Waals surface area contributed by atoms with Gasteiger partial charge in [-0.25, -0.2) is 9.59 Å². The molecule has 0 bridgehead atoms. The van der Waals surface area contributed by atoms with Gasteiger partial charge in [0.1, 0.15) is 5.00 Å². The van der Waals surface area contributed by atoms with Crippen LogP contribution in [0.1, 0.15) is 43.0 Å². The van der Waals surface area contributed by atoms with Gasteiger partial charge in [-0.1, -0.05) is 19.8 Å². The topological polar surface area (TPSA) is 78.4 Å². The molecule has 0 saturated heterocycles. The molecule has 2 rings (SSSR count). The zero-order chi connectivity index (χ0) is 13.8. The molecule has 2 atom stereocenters. The second kappa shape index (κ2) is 6.06. The Morgan fingerprint density at radius 2 is 2.21 bits per heavy atom. The van der Waals surface area contributed by atoms with Crippen molar-refractivity contribution in [2.75, 3.05) is 5.32 Å². The SMILES string of the molecule is CC1CCCC(NC(=O)Nc2sccc2C(=O)O)C1. The van der Waals surface area contributed by atoms with Gasteiger partial charge in [-0.2, -0.15) is 0 Å². The molecule has 3 N–H and O–H groups in total. The van der Waals surface area contributed by atoms with Gasteiger partial charge in [0, 0.05) is 6.04 Å². The van der Waals surface area contributed by atoms with Gasteiger partial charge < -0.3 is 10.4 Å². The molecule has 1 aromatic rings. The fourth-order valence-electron chi connectivity index (χ4n) is 2.46. The Labute approximate surface area is 116 Å². The number of amides is 2. The fourth-order valence-corrected chi connectivity index (χ4v) is 3.24. The Balaban J connectivity index is 1.90. The third-order valence-corrected chi connectivity index (χ3v) is 4.22. The molecular weight excluding hydrogens is 264 g/mol. The van der Waals surface area contributed by atoms with Crippen molar-refractivity contribution in [1.29, 1.82) is 0 Å². The van der Waals surface area contributed by atoms with Crippen LogP contribution in [-0.4, -0.2) is 23.1 Å². The number of urea groups is 1. The number of anilines is 1. The number of hydrogen-bond donors (Lipinski definition) is 3. The van der Waals surface area contributed by atoms with Crippen LogP contribution in [0.2, 0.25) is 0 Å². The van der Waals surface area contributed by atoms with Crippen LogP contribution in [0.5, 0.6) is 0 Å². The van der Waals surface area contributed by atoms with Crippen LogP contribution in [-0.2, 0) is 0 Å². The molecule has 1 aliphatic rings. The summed E-state index contributed by atoms with van der Waals surface area (Å²) < 4.78 is 0. The van der Waals surface area contributed by atoms with E-state index in [1.807, 2.05) is 0 Å². The average Bonchev–Trinajstić information content (AvgIpc) is 2.76. The zero-order valence-electron chi connectivity index (χ0n) is 10.8. The van der Waals surface area contributed by atoms with Crippen LogP contribution in [0.15, 0.2) is 11.4 Å². The molecule has 6 heteroatoms. The first kappa shape index (κ1) is 13.9. The highest BCUT2D eigenvalue weighted by Gasteiger charge is 2.21. The highest BCUT2D eigenvalue weighted by molar-refractivity contribution is 7.14. The van der Waals surface area contributed by atoms with E-state index in [1.54, 1.807) is 5.38 Å². The highest BCUT2D eigenvalue weighted by atomic mass is 32.1. The molecule has 1 aromatic heterocycles. The van der Waals surface area contributed by atoms with Crippen molar-refractivity contribution in [2.24, 2.45) is 5.92 Å². The average molecular weight is 282 g/mol. The van der Waals surface area contributed by atoms with Gasteiger partial charge in [0.05, 0.1) is 5.56 Å². The van der Waals surface area contributed by atoms with Gasteiger partial charge in [0.25, 0.3) is 0 Å². The van der Waals surface area contributed by atoms with E-state index in [1.165, 1.54) is 23.8 Å². The Bertz CT molecular complexity index is 472. The number of carboxylic acids is 1. The van der Waals surface area contributed by atoms with Crippen LogP contribution in [0.25, 0.3) is 0 Å². The highest BCUT2D eigenvalue weighted by Crippen LogP contribution is 2.25. The van der Waals surface area contributed by atoms with Crippen molar-refractivity contribution in [3.05, 3.63) is 17.0 Å². The predicted molar refractivity (Wildman–Crippen MR) is 74.9 cm³/mol. The molecular formula is C13H18N2O3S. The Hall–Kier alpha value is -1.56. The number of nitrogens with one attached hydrogen (secondary N) is 2. The maximum Gasteiger partial charge on any atom is 0.338 e. The second-order valence-electron chi connectivity index (χ2n) is 5.04. The van der Waals surface area contributed by atoms with Crippen LogP contribution in [0, 0.1) is 5.92 Å². The Morgan fingerprint density at radius 1 is 1.42 bits per heavy atom. The van der Waals surface area contributed by atoms with Crippen LogP contribution in [0.4, 0.5) is 9.80 Å². The monoisotopic (exact) mass is 282 g/mol. The van der Waals surface area contributed by atoms with Crippen LogP contribution >= 0.6 is 11.3 Å². The summed E-state index contributed by atoms with van der Waals surface area (Å²) in [6.45, 7) is 2.19. The molecule has 0 spiro atoms. The molecule has 2 amide bonds. The maximum atomic E-state index is 11.9. The minimum atomic E-state index is -1.03. The molecule has 104 valence electrons. The van der Waals surface area contributed by atoms with E-state index in [2.05, 4.69) is 17.6 Å². The lowest BCUT2D eigenvalue weighted by molar-refractivity contribution is 0.0698. The van der Waals surface area contributed by atoms with Crippen molar-refractivity contribution < 1.29 is 14.7 Å². The first-order chi connectivity index (χ1) is 9.06. The molecule has 5 nitrogen and oxygen atoms in total. The minimum absolute atomic E-state index is 0.136. The number of carbonyl (C=O) groups is 2. The largest absolute Gasteiger partial charge is 0.478 e. The van der Waals surface area contributed by atoms with E-state index in [0.717, 1.165) is 19.3 Å². The fraction of sp³-hybridized carbons (Fsp3) is 0.538. The van der Waals surface area contributed by atoms with E-state index in [-0.39, 0.29) is 17.6 Å². The number of rotatable bonds is 3. The number of hydrogen-bond acceptors (Lipinski definition) is 3. The molecule has 1 heterocycles. The summed E-state index contributed by atoms with van der Waals surface area (Å²) in [6, 6.07) is 1.37. The van der Waals surface area contributed by atoms with Crippen molar-refractivity contribution in [3.8, 4) is 0 Å². The summed E-state index contributed by atoms with van der Waals surface area (Å²) >= 11 is 1.22. The summed E-state index contributed by atoms with van der Waals surface area (Å²) in [7, 11) is 0. The first-order valence-electron chi connectivity index (χ1n) is 6.44. The summed E-state index contributed by atoms with van der Waals surface area (Å²) in [6.07, 6.45) is 4.33. The van der Waals surface area contributed by atoms with Gasteiger partial charge in [-0.05, 0) is 30.2 Å². The quantitative estimate of drug-likeness (QED) is 0.797. The lowest BCUT2D eigenvalue weighted by Crippen LogP contribution is -2.40. The zero-order valence-corrected chi connectivity index (χ0v) is 11.6. The Morgan fingerprint density at radius 3 is 2.89 bits per heavy atom. The van der Waals surface area contributed by atoms with E-state index >= 15 is 0 Å². The van der Waals surface area contributed by atoms with Gasteiger partial charge in [-0.15, -0.1) is 11.3 Å².